The molecule has 1 atom stereocenters. The van der Waals surface area contributed by atoms with Gasteiger partial charge in [0.2, 0.25) is 12.3 Å². The van der Waals surface area contributed by atoms with Crippen LogP contribution >= 0.6 is 23.2 Å². The first kappa shape index (κ1) is 31.9. The molecule has 1 fully saturated rings. The van der Waals surface area contributed by atoms with Gasteiger partial charge in [0.05, 0.1) is 27.0 Å². The molecule has 9 nitrogen and oxygen atoms in total. The largest absolute Gasteiger partial charge is 0.508 e. The summed E-state index contributed by atoms with van der Waals surface area (Å²) in [5, 5.41) is 10.2. The Kier molecular flexibility index (Phi) is 9.72. The number of rotatable bonds is 7. The fourth-order valence-corrected chi connectivity index (χ4v) is 5.70. The van der Waals surface area contributed by atoms with E-state index in [1.807, 2.05) is 32.6 Å². The zero-order chi connectivity index (χ0) is 31.6. The summed E-state index contributed by atoms with van der Waals surface area (Å²) < 4.78 is 16.1. The number of aryl methyl sites for hydroxylation is 1. The van der Waals surface area contributed by atoms with Gasteiger partial charge in [0.15, 0.2) is 5.82 Å². The molecule has 0 aliphatic carbocycles. The van der Waals surface area contributed by atoms with Crippen molar-refractivity contribution in [3.8, 4) is 17.0 Å². The predicted molar refractivity (Wildman–Crippen MR) is 168 cm³/mol. The minimum atomic E-state index is -0.769. The fourth-order valence-electron chi connectivity index (χ4n) is 5.28. The highest BCUT2D eigenvalue weighted by Gasteiger charge is 2.33. The van der Waals surface area contributed by atoms with E-state index in [4.69, 9.17) is 23.2 Å². The van der Waals surface area contributed by atoms with Crippen LogP contribution in [0.25, 0.3) is 11.3 Å². The van der Waals surface area contributed by atoms with E-state index >= 15 is 4.39 Å². The summed E-state index contributed by atoms with van der Waals surface area (Å²) in [6, 6.07) is 5.32. The lowest BCUT2D eigenvalue weighted by Crippen LogP contribution is -2.55. The number of aromatic nitrogens is 2. The molecule has 3 heterocycles. The molecular weight excluding hydrogens is 594 g/mol. The second kappa shape index (κ2) is 13.1. The molecule has 226 valence electrons. The zero-order valence-electron chi connectivity index (χ0n) is 24.6. The minimum Gasteiger partial charge on any atom is -0.508 e. The number of phenolic OH excluding ortho intramolecular Hbond substituents is 1. The SMILES string of the molecule is C=CC(=O)N1CCN(C(=NC)c2cc(F)c(-c3cc(O)cc(Cl)c3Cl)nc2N(C=O)c2c(C)ccnc2C(C)C)C(C)C1. The van der Waals surface area contributed by atoms with Gasteiger partial charge < -0.3 is 14.9 Å². The van der Waals surface area contributed by atoms with Crippen LogP contribution in [0.2, 0.25) is 10.0 Å². The number of aliphatic imine (C=N–C) groups is 1. The molecule has 0 saturated carbocycles. The summed E-state index contributed by atoms with van der Waals surface area (Å²) >= 11 is 12.7. The number of carbonyl (C=O) groups is 2. The molecule has 2 aromatic heterocycles. The van der Waals surface area contributed by atoms with Crippen molar-refractivity contribution < 1.29 is 19.1 Å². The van der Waals surface area contributed by atoms with Gasteiger partial charge in [-0.2, -0.15) is 0 Å². The molecule has 43 heavy (non-hydrogen) atoms. The quantitative estimate of drug-likeness (QED) is 0.147. The summed E-state index contributed by atoms with van der Waals surface area (Å²) in [7, 11) is 1.57. The maximum absolute atomic E-state index is 16.1. The Morgan fingerprint density at radius 2 is 2.00 bits per heavy atom. The second-order valence-electron chi connectivity index (χ2n) is 10.5. The van der Waals surface area contributed by atoms with Crippen molar-refractivity contribution in [2.24, 2.45) is 4.99 Å². The molecule has 0 bridgehead atoms. The first-order chi connectivity index (χ1) is 20.4. The van der Waals surface area contributed by atoms with Gasteiger partial charge in [0.1, 0.15) is 23.1 Å². The van der Waals surface area contributed by atoms with Gasteiger partial charge in [0.25, 0.3) is 0 Å². The van der Waals surface area contributed by atoms with Crippen LogP contribution in [0.3, 0.4) is 0 Å². The second-order valence-corrected chi connectivity index (χ2v) is 11.3. The standard InChI is InChI=1S/C31H33Cl2FN6O3/c1-7-25(43)38-10-11-39(19(5)15-38)30(35-6)22-14-24(34)28(21-12-20(42)13-23(32)26(21)33)37-31(22)40(16-41)29-18(4)8-9-36-27(29)17(2)3/h7-9,12-14,16-17,19,42H,1,10-11,15H2,2-6H3. The number of halogens is 3. The van der Waals surface area contributed by atoms with Gasteiger partial charge in [-0.25, -0.2) is 9.37 Å². The first-order valence-electron chi connectivity index (χ1n) is 13.7. The molecule has 0 radical (unpaired) electrons. The molecule has 12 heteroatoms. The summed E-state index contributed by atoms with van der Waals surface area (Å²) in [4.78, 5) is 44.0. The van der Waals surface area contributed by atoms with E-state index in [1.54, 1.807) is 24.2 Å². The van der Waals surface area contributed by atoms with E-state index in [0.29, 0.717) is 43.3 Å². The lowest BCUT2D eigenvalue weighted by Gasteiger charge is -2.41. The number of hydrogen-bond donors (Lipinski definition) is 1. The number of benzene rings is 1. The lowest BCUT2D eigenvalue weighted by atomic mass is 10.0. The first-order valence-corrected chi connectivity index (χ1v) is 14.4. The summed E-state index contributed by atoms with van der Waals surface area (Å²) in [5.74, 6) is -0.779. The van der Waals surface area contributed by atoms with Gasteiger partial charge in [-0.15, -0.1) is 0 Å². The Hall–Kier alpha value is -4.02. The monoisotopic (exact) mass is 626 g/mol. The van der Waals surface area contributed by atoms with E-state index in [9.17, 15) is 14.7 Å². The average Bonchev–Trinajstić information content (AvgIpc) is 2.97. The number of pyridine rings is 2. The van der Waals surface area contributed by atoms with Crippen molar-refractivity contribution in [2.75, 3.05) is 31.6 Å². The molecule has 2 amide bonds. The Morgan fingerprint density at radius 1 is 1.28 bits per heavy atom. The predicted octanol–water partition coefficient (Wildman–Crippen LogP) is 6.12. The maximum atomic E-state index is 16.1. The average molecular weight is 628 g/mol. The number of hydrogen-bond acceptors (Lipinski definition) is 6. The Balaban J connectivity index is 1.99. The van der Waals surface area contributed by atoms with Gasteiger partial charge in [-0.3, -0.25) is 24.5 Å². The van der Waals surface area contributed by atoms with Crippen LogP contribution in [-0.2, 0) is 9.59 Å². The summed E-state index contributed by atoms with van der Waals surface area (Å²) in [6.45, 7) is 12.5. The van der Waals surface area contributed by atoms with Crippen LogP contribution in [0.1, 0.15) is 43.5 Å². The number of amidine groups is 1. The van der Waals surface area contributed by atoms with Gasteiger partial charge in [-0.05, 0) is 49.6 Å². The van der Waals surface area contributed by atoms with Crippen LogP contribution in [0.15, 0.2) is 48.1 Å². The molecule has 4 rings (SSSR count). The van der Waals surface area contributed by atoms with E-state index in [-0.39, 0.29) is 56.3 Å². The van der Waals surface area contributed by atoms with Crippen molar-refractivity contribution >= 4 is 52.9 Å². The van der Waals surface area contributed by atoms with E-state index in [2.05, 4.69) is 21.5 Å². The van der Waals surface area contributed by atoms with Gasteiger partial charge in [0, 0.05) is 50.6 Å². The van der Waals surface area contributed by atoms with Crippen molar-refractivity contribution in [1.82, 2.24) is 19.8 Å². The molecule has 1 unspecified atom stereocenters. The molecule has 1 aliphatic heterocycles. The number of phenols is 1. The maximum Gasteiger partial charge on any atom is 0.246 e. The third-order valence-corrected chi connectivity index (χ3v) is 8.14. The third-order valence-electron chi connectivity index (χ3n) is 7.34. The molecule has 1 N–H and O–H groups in total. The Labute approximate surface area is 260 Å². The number of nitrogens with zero attached hydrogens (tertiary/aromatic N) is 6. The highest BCUT2D eigenvalue weighted by molar-refractivity contribution is 6.43. The van der Waals surface area contributed by atoms with Crippen molar-refractivity contribution in [3.63, 3.8) is 0 Å². The van der Waals surface area contributed by atoms with Crippen molar-refractivity contribution in [2.45, 2.75) is 39.7 Å². The van der Waals surface area contributed by atoms with Crippen LogP contribution in [0.5, 0.6) is 5.75 Å². The summed E-state index contributed by atoms with van der Waals surface area (Å²) in [6.07, 6.45) is 3.55. The van der Waals surface area contributed by atoms with Crippen LogP contribution in [0.4, 0.5) is 15.9 Å². The Morgan fingerprint density at radius 3 is 2.60 bits per heavy atom. The van der Waals surface area contributed by atoms with Crippen LogP contribution < -0.4 is 4.90 Å². The van der Waals surface area contributed by atoms with E-state index in [0.717, 1.165) is 5.56 Å². The van der Waals surface area contributed by atoms with Crippen LogP contribution in [0, 0.1) is 12.7 Å². The highest BCUT2D eigenvalue weighted by atomic mass is 35.5. The number of amides is 2. The number of carbonyl (C=O) groups excluding carboxylic acids is 2. The minimum absolute atomic E-state index is 0.0105. The van der Waals surface area contributed by atoms with Crippen molar-refractivity contribution in [3.05, 3.63) is 75.8 Å². The Bertz CT molecular complexity index is 1610. The van der Waals surface area contributed by atoms with Gasteiger partial charge >= 0.3 is 0 Å². The highest BCUT2D eigenvalue weighted by Crippen LogP contribution is 2.41. The molecule has 1 saturated heterocycles. The van der Waals surface area contributed by atoms with E-state index in [1.165, 1.54) is 29.2 Å². The number of aromatic hydroxyl groups is 1. The normalized spacial score (nSPS) is 15.6. The lowest BCUT2D eigenvalue weighted by molar-refractivity contribution is -0.128. The number of piperazine rings is 1. The third kappa shape index (κ3) is 6.21. The van der Waals surface area contributed by atoms with E-state index < -0.39 is 5.82 Å². The van der Waals surface area contributed by atoms with Gasteiger partial charge in [-0.1, -0.05) is 43.6 Å². The smallest absolute Gasteiger partial charge is 0.246 e. The molecule has 0 spiro atoms. The molecule has 1 aromatic carbocycles. The number of anilines is 2. The van der Waals surface area contributed by atoms with Crippen LogP contribution in [-0.4, -0.2) is 75.8 Å². The molecule has 3 aromatic rings. The molecular formula is C31H33Cl2FN6O3. The summed E-state index contributed by atoms with van der Waals surface area (Å²) in [5.41, 5.74) is 1.97. The molecule has 1 aliphatic rings. The van der Waals surface area contributed by atoms with Crippen molar-refractivity contribution in [1.29, 1.82) is 0 Å². The fraction of sp³-hybridized carbons (Fsp3) is 0.323. The zero-order valence-corrected chi connectivity index (χ0v) is 26.1. The topological polar surface area (TPSA) is 102 Å².